The molecular weight excluding hydrogens is 481 g/mol. The molecule has 2 fully saturated rings. The Morgan fingerprint density at radius 1 is 1.21 bits per heavy atom. The molecule has 0 saturated carbocycles. The van der Waals surface area contributed by atoms with Crippen LogP contribution in [0.4, 0.5) is 0 Å². The smallest absolute Gasteiger partial charge is 0.246 e. The van der Waals surface area contributed by atoms with E-state index in [1.807, 2.05) is 11.8 Å². The third kappa shape index (κ3) is 6.93. The fraction of sp³-hybridized carbons (Fsp3) is 0.583. The normalized spacial score (nSPS) is 25.6. The number of carbonyl (C=O) groups excluding carboxylic acids is 2. The third-order valence-corrected chi connectivity index (χ3v) is 7.50. The maximum atomic E-state index is 12.6. The van der Waals surface area contributed by atoms with E-state index in [9.17, 15) is 24.9 Å². The van der Waals surface area contributed by atoms with Gasteiger partial charge in [-0.1, -0.05) is 36.2 Å². The number of piperidine rings is 1. The molecule has 0 bridgehead atoms. The van der Waals surface area contributed by atoms with Gasteiger partial charge in [0.25, 0.3) is 0 Å². The summed E-state index contributed by atoms with van der Waals surface area (Å²) in [5, 5.41) is 31.3. The molecule has 0 aliphatic carbocycles. The van der Waals surface area contributed by atoms with Gasteiger partial charge in [-0.15, -0.1) is 0 Å². The molecule has 2 aliphatic heterocycles. The van der Waals surface area contributed by atoms with Crippen LogP contribution in [0, 0.1) is 5.41 Å². The molecule has 0 aromatic heterocycles. The molecule has 0 unspecified atom stereocenters. The summed E-state index contributed by atoms with van der Waals surface area (Å²) >= 11 is 11.9. The molecule has 1 aromatic carbocycles. The molecule has 1 aromatic rings. The topological polar surface area (TPSA) is 105 Å². The number of rotatable bonds is 7. The van der Waals surface area contributed by atoms with Crippen molar-refractivity contribution in [3.63, 3.8) is 0 Å². The van der Waals surface area contributed by atoms with Crippen LogP contribution in [-0.2, 0) is 9.59 Å². The van der Waals surface area contributed by atoms with E-state index in [4.69, 9.17) is 23.2 Å². The predicted molar refractivity (Wildman–Crippen MR) is 132 cm³/mol. The molecule has 0 radical (unpaired) electrons. The van der Waals surface area contributed by atoms with Gasteiger partial charge in [-0.25, -0.2) is 0 Å². The Morgan fingerprint density at radius 3 is 2.65 bits per heavy atom. The summed E-state index contributed by atoms with van der Waals surface area (Å²) in [4.78, 5) is 30.4. The van der Waals surface area contributed by atoms with Crippen molar-refractivity contribution >= 4 is 41.1 Å². The Hall–Kier alpha value is -1.68. The lowest BCUT2D eigenvalue weighted by atomic mass is 9.78. The van der Waals surface area contributed by atoms with Crippen molar-refractivity contribution in [2.75, 3.05) is 52.4 Å². The Kier molecular flexibility index (Phi) is 9.37. The van der Waals surface area contributed by atoms with Gasteiger partial charge in [-0.05, 0) is 36.7 Å². The van der Waals surface area contributed by atoms with Crippen LogP contribution in [0.2, 0.25) is 10.0 Å². The van der Waals surface area contributed by atoms with E-state index >= 15 is 0 Å². The van der Waals surface area contributed by atoms with Gasteiger partial charge in [0.1, 0.15) is 0 Å². The number of β-amino-alcohol motifs (C(OH)–C–C–N with tert-alkyl or cyclic N) is 2. The fourth-order valence-corrected chi connectivity index (χ4v) is 4.57. The summed E-state index contributed by atoms with van der Waals surface area (Å²) in [6.07, 6.45) is 2.49. The number of likely N-dealkylation sites (tertiary alicyclic amines) is 1. The van der Waals surface area contributed by atoms with Crippen molar-refractivity contribution in [3.05, 3.63) is 39.9 Å². The SMILES string of the molecule is C[C@]1(CO)CCN(C[C@H](O)CN2CCN(C(=O)/C=C/c3ccc(Cl)c(Cl)c3)CCC2=O)C[C@@H]1O. The number of hydrogen-bond acceptors (Lipinski definition) is 6. The first-order valence-electron chi connectivity index (χ1n) is 11.5. The molecule has 0 spiro atoms. The van der Waals surface area contributed by atoms with Gasteiger partial charge in [0.2, 0.25) is 11.8 Å². The Labute approximate surface area is 210 Å². The lowest BCUT2D eigenvalue weighted by molar-refractivity contribution is -0.132. The number of nitrogens with zero attached hydrogens (tertiary/aromatic N) is 3. The average molecular weight is 514 g/mol. The van der Waals surface area contributed by atoms with Gasteiger partial charge in [-0.3, -0.25) is 14.5 Å². The highest BCUT2D eigenvalue weighted by Gasteiger charge is 2.38. The minimum Gasteiger partial charge on any atom is -0.396 e. The Balaban J connectivity index is 1.49. The summed E-state index contributed by atoms with van der Waals surface area (Å²) in [7, 11) is 0. The summed E-state index contributed by atoms with van der Waals surface area (Å²) in [5.74, 6) is -0.301. The molecule has 3 N–H and O–H groups in total. The average Bonchev–Trinajstić information content (AvgIpc) is 2.98. The molecule has 2 aliphatic rings. The van der Waals surface area contributed by atoms with Gasteiger partial charge in [-0.2, -0.15) is 0 Å². The van der Waals surface area contributed by atoms with Crippen molar-refractivity contribution in [3.8, 4) is 0 Å². The van der Waals surface area contributed by atoms with Crippen LogP contribution in [0.15, 0.2) is 24.3 Å². The van der Waals surface area contributed by atoms with Crippen LogP contribution in [0.25, 0.3) is 6.08 Å². The van der Waals surface area contributed by atoms with Crippen molar-refractivity contribution < 1.29 is 24.9 Å². The molecular formula is C24H33Cl2N3O5. The Morgan fingerprint density at radius 2 is 1.97 bits per heavy atom. The molecule has 3 atom stereocenters. The van der Waals surface area contributed by atoms with Gasteiger partial charge in [0.15, 0.2) is 0 Å². The second-order valence-electron chi connectivity index (χ2n) is 9.41. The highest BCUT2D eigenvalue weighted by molar-refractivity contribution is 6.42. The molecule has 8 nitrogen and oxygen atoms in total. The largest absolute Gasteiger partial charge is 0.396 e. The quantitative estimate of drug-likeness (QED) is 0.477. The summed E-state index contributed by atoms with van der Waals surface area (Å²) in [6.45, 7) is 4.34. The second kappa shape index (κ2) is 11.8. The third-order valence-electron chi connectivity index (χ3n) is 6.76. The first-order valence-corrected chi connectivity index (χ1v) is 12.3. The first kappa shape index (κ1) is 26.9. The van der Waals surface area contributed by atoms with Crippen molar-refractivity contribution in [1.29, 1.82) is 0 Å². The number of amides is 2. The molecule has 2 heterocycles. The zero-order valence-corrected chi connectivity index (χ0v) is 20.9. The lowest BCUT2D eigenvalue weighted by Gasteiger charge is -2.43. The molecule has 10 heteroatoms. The van der Waals surface area contributed by atoms with Crippen molar-refractivity contribution in [2.24, 2.45) is 5.41 Å². The highest BCUT2D eigenvalue weighted by Crippen LogP contribution is 2.30. The maximum absolute atomic E-state index is 12.6. The van der Waals surface area contributed by atoms with E-state index in [1.54, 1.807) is 34.1 Å². The van der Waals surface area contributed by atoms with E-state index in [0.29, 0.717) is 55.7 Å². The number of carbonyl (C=O) groups is 2. The van der Waals surface area contributed by atoms with E-state index in [1.165, 1.54) is 6.08 Å². The summed E-state index contributed by atoms with van der Waals surface area (Å²) in [5.41, 5.74) is 0.229. The van der Waals surface area contributed by atoms with Gasteiger partial charge in [0.05, 0.1) is 28.9 Å². The van der Waals surface area contributed by atoms with Crippen LogP contribution in [-0.4, -0.2) is 106 Å². The lowest BCUT2D eigenvalue weighted by Crippen LogP contribution is -2.53. The fourth-order valence-electron chi connectivity index (χ4n) is 4.27. The zero-order chi connectivity index (χ0) is 24.9. The first-order chi connectivity index (χ1) is 16.1. The number of aliphatic hydroxyl groups is 3. The molecule has 3 rings (SSSR count). The second-order valence-corrected chi connectivity index (χ2v) is 10.2. The molecule has 34 heavy (non-hydrogen) atoms. The minimum absolute atomic E-state index is 0.0787. The maximum Gasteiger partial charge on any atom is 0.246 e. The van der Waals surface area contributed by atoms with Crippen LogP contribution in [0.5, 0.6) is 0 Å². The van der Waals surface area contributed by atoms with Crippen molar-refractivity contribution in [1.82, 2.24) is 14.7 Å². The van der Waals surface area contributed by atoms with Crippen molar-refractivity contribution in [2.45, 2.75) is 32.0 Å². The monoisotopic (exact) mass is 513 g/mol. The summed E-state index contributed by atoms with van der Waals surface area (Å²) in [6, 6.07) is 5.10. The molecule has 2 saturated heterocycles. The van der Waals surface area contributed by atoms with Crippen LogP contribution in [0.1, 0.15) is 25.3 Å². The van der Waals surface area contributed by atoms with Gasteiger partial charge in [0, 0.05) is 57.2 Å². The number of hydrogen-bond donors (Lipinski definition) is 3. The predicted octanol–water partition coefficient (Wildman–Crippen LogP) is 1.49. The van der Waals surface area contributed by atoms with E-state index < -0.39 is 17.6 Å². The van der Waals surface area contributed by atoms with E-state index in [2.05, 4.69) is 0 Å². The zero-order valence-electron chi connectivity index (χ0n) is 19.4. The van der Waals surface area contributed by atoms with Gasteiger partial charge >= 0.3 is 0 Å². The Bertz CT molecular complexity index is 915. The number of halogens is 2. The number of benzene rings is 1. The molecule has 2 amide bonds. The van der Waals surface area contributed by atoms with Gasteiger partial charge < -0.3 is 25.1 Å². The molecule has 188 valence electrons. The van der Waals surface area contributed by atoms with E-state index in [-0.39, 0.29) is 31.4 Å². The number of aliphatic hydroxyl groups excluding tert-OH is 3. The standard InChI is InChI=1S/C24H33Cl2N3O5/c1-24(16-30)7-9-27(15-21(24)32)13-18(31)14-29-11-10-28(8-6-23(29)34)22(33)5-3-17-2-4-19(25)20(26)12-17/h2-5,12,18,21,30-32H,6-11,13-16H2,1H3/b5-3+/t18-,21-,24+/m0/s1. The van der Waals surface area contributed by atoms with E-state index in [0.717, 1.165) is 5.56 Å². The highest BCUT2D eigenvalue weighted by atomic mass is 35.5. The summed E-state index contributed by atoms with van der Waals surface area (Å²) < 4.78 is 0. The van der Waals surface area contributed by atoms with Crippen LogP contribution in [0.3, 0.4) is 0 Å². The minimum atomic E-state index is -0.772. The van der Waals surface area contributed by atoms with Crippen LogP contribution < -0.4 is 0 Å². The van der Waals surface area contributed by atoms with Crippen LogP contribution >= 0.6 is 23.2 Å².